The maximum Gasteiger partial charge on any atom is 0.338 e. The summed E-state index contributed by atoms with van der Waals surface area (Å²) in [5, 5.41) is 16.4. The van der Waals surface area contributed by atoms with E-state index in [0.717, 1.165) is 27.7 Å². The lowest BCUT2D eigenvalue weighted by Crippen LogP contribution is -2.02. The van der Waals surface area contributed by atoms with Gasteiger partial charge < -0.3 is 10.1 Å². The first kappa shape index (κ1) is 16.3. The van der Waals surface area contributed by atoms with Crippen molar-refractivity contribution in [3.05, 3.63) is 53.2 Å². The molecule has 144 valence electrons. The molecule has 6 rings (SSSR count). The molecule has 3 heterocycles. The second kappa shape index (κ2) is 5.91. The summed E-state index contributed by atoms with van der Waals surface area (Å²) in [5.74, 6) is 1.55. The van der Waals surface area contributed by atoms with Gasteiger partial charge in [-0.2, -0.15) is 10.1 Å². The number of hydrogen-bond acceptors (Lipinski definition) is 6. The summed E-state index contributed by atoms with van der Waals surface area (Å²) in [4.78, 5) is 16.4. The van der Waals surface area contributed by atoms with Crippen LogP contribution in [0.15, 0.2) is 36.5 Å². The lowest BCUT2D eigenvalue weighted by Gasteiger charge is -2.11. The Labute approximate surface area is 165 Å². The van der Waals surface area contributed by atoms with Crippen molar-refractivity contribution >= 4 is 28.5 Å². The molecule has 0 saturated heterocycles. The van der Waals surface area contributed by atoms with Gasteiger partial charge >= 0.3 is 5.97 Å². The number of fused-ring (bicyclic) bond motifs is 2. The van der Waals surface area contributed by atoms with Gasteiger partial charge in [0.15, 0.2) is 5.82 Å². The number of cyclic esters (lactones) is 1. The van der Waals surface area contributed by atoms with Gasteiger partial charge in [0.1, 0.15) is 6.61 Å². The molecule has 8 nitrogen and oxygen atoms in total. The molecule has 0 amide bonds. The molecule has 0 bridgehead atoms. The Morgan fingerprint density at radius 1 is 1.24 bits per heavy atom. The molecule has 1 fully saturated rings. The Hall–Kier alpha value is -3.68. The number of benzene rings is 2. The van der Waals surface area contributed by atoms with Crippen LogP contribution in [-0.4, -0.2) is 30.9 Å². The Kier molecular flexibility index (Phi) is 3.32. The topological polar surface area (TPSA) is 97.7 Å². The molecule has 2 aromatic carbocycles. The third-order valence-corrected chi connectivity index (χ3v) is 5.60. The zero-order valence-corrected chi connectivity index (χ0v) is 15.8. The zero-order valence-electron chi connectivity index (χ0n) is 15.8. The highest BCUT2D eigenvalue weighted by Gasteiger charge is 2.29. The van der Waals surface area contributed by atoms with E-state index in [-0.39, 0.29) is 5.97 Å². The van der Waals surface area contributed by atoms with Crippen LogP contribution in [-0.2, 0) is 18.4 Å². The van der Waals surface area contributed by atoms with Gasteiger partial charge in [0.25, 0.3) is 0 Å². The van der Waals surface area contributed by atoms with E-state index in [1.807, 2.05) is 31.4 Å². The minimum absolute atomic E-state index is 0.273. The largest absolute Gasteiger partial charge is 0.457 e. The molecule has 2 N–H and O–H groups in total. The van der Waals surface area contributed by atoms with Crippen molar-refractivity contribution in [3.63, 3.8) is 0 Å². The van der Waals surface area contributed by atoms with Gasteiger partial charge in [0.05, 0.1) is 17.3 Å². The molecule has 0 radical (unpaired) electrons. The van der Waals surface area contributed by atoms with Crippen molar-refractivity contribution in [1.29, 1.82) is 0 Å². The standard InChI is InChI=1S/C21H18N6O2/c1-27-21(23-17-7-6-16-15(9-22-25-16)18(17)11-2-3-11)24-19(26-27)12-4-5-14-13(8-12)10-29-20(14)28/h4-9,11H,2-3,10H2,1H3,(H,22,25)(H,23,24,26). The molecular weight excluding hydrogens is 368 g/mol. The quantitative estimate of drug-likeness (QED) is 0.520. The lowest BCUT2D eigenvalue weighted by molar-refractivity contribution is 0.0535. The van der Waals surface area contributed by atoms with E-state index in [2.05, 4.69) is 26.7 Å². The van der Waals surface area contributed by atoms with E-state index < -0.39 is 0 Å². The fourth-order valence-electron chi connectivity index (χ4n) is 3.97. The van der Waals surface area contributed by atoms with E-state index in [4.69, 9.17) is 9.72 Å². The van der Waals surface area contributed by atoms with Gasteiger partial charge in [-0.05, 0) is 48.6 Å². The number of H-pyrrole nitrogens is 1. The van der Waals surface area contributed by atoms with Crippen molar-refractivity contribution in [2.75, 3.05) is 5.32 Å². The van der Waals surface area contributed by atoms with Gasteiger partial charge in [-0.15, -0.1) is 5.10 Å². The molecule has 1 aliphatic heterocycles. The van der Waals surface area contributed by atoms with Crippen molar-refractivity contribution in [2.45, 2.75) is 25.4 Å². The SMILES string of the molecule is Cn1nc(-c2ccc3c(c2)COC3=O)nc1Nc1ccc2[nH]ncc2c1C1CC1. The van der Waals surface area contributed by atoms with Crippen LogP contribution in [0.25, 0.3) is 22.3 Å². The number of anilines is 2. The van der Waals surface area contributed by atoms with Crippen LogP contribution in [0.1, 0.15) is 40.2 Å². The first-order valence-corrected chi connectivity index (χ1v) is 9.62. The summed E-state index contributed by atoms with van der Waals surface area (Å²) in [5.41, 5.74) is 5.72. The van der Waals surface area contributed by atoms with Gasteiger partial charge in [-0.1, -0.05) is 6.07 Å². The highest BCUT2D eigenvalue weighted by Crippen LogP contribution is 2.47. The summed E-state index contributed by atoms with van der Waals surface area (Å²) in [6, 6.07) is 9.66. The number of esters is 1. The highest BCUT2D eigenvalue weighted by molar-refractivity contribution is 5.94. The minimum atomic E-state index is -0.273. The first-order valence-electron chi connectivity index (χ1n) is 9.62. The number of carbonyl (C=O) groups excluding carboxylic acids is 1. The van der Waals surface area contributed by atoms with Crippen LogP contribution < -0.4 is 5.32 Å². The first-order chi connectivity index (χ1) is 14.2. The van der Waals surface area contributed by atoms with Gasteiger partial charge in [0, 0.05) is 29.2 Å². The normalized spacial score (nSPS) is 15.6. The second-order valence-corrected chi connectivity index (χ2v) is 7.59. The van der Waals surface area contributed by atoms with Crippen LogP contribution in [0.4, 0.5) is 11.6 Å². The molecule has 0 spiro atoms. The molecular formula is C21H18N6O2. The number of nitrogens with zero attached hydrogens (tertiary/aromatic N) is 4. The molecule has 29 heavy (non-hydrogen) atoms. The number of aromatic amines is 1. The van der Waals surface area contributed by atoms with Crippen molar-refractivity contribution in [3.8, 4) is 11.4 Å². The maximum absolute atomic E-state index is 11.7. The van der Waals surface area contributed by atoms with E-state index in [1.54, 1.807) is 10.7 Å². The van der Waals surface area contributed by atoms with Crippen molar-refractivity contribution < 1.29 is 9.53 Å². The van der Waals surface area contributed by atoms with E-state index in [0.29, 0.717) is 29.9 Å². The number of carbonyl (C=O) groups is 1. The van der Waals surface area contributed by atoms with Gasteiger partial charge in [0.2, 0.25) is 5.95 Å². The third-order valence-electron chi connectivity index (χ3n) is 5.60. The van der Waals surface area contributed by atoms with E-state index in [9.17, 15) is 4.79 Å². The molecule has 4 aromatic rings. The van der Waals surface area contributed by atoms with Crippen LogP contribution in [0.2, 0.25) is 0 Å². The van der Waals surface area contributed by atoms with E-state index >= 15 is 0 Å². The molecule has 2 aromatic heterocycles. The Morgan fingerprint density at radius 3 is 3.00 bits per heavy atom. The smallest absolute Gasteiger partial charge is 0.338 e. The predicted octanol–water partition coefficient (Wildman–Crippen LogP) is 3.65. The third kappa shape index (κ3) is 2.60. The van der Waals surface area contributed by atoms with Crippen LogP contribution in [0, 0.1) is 0 Å². The fourth-order valence-corrected chi connectivity index (χ4v) is 3.97. The maximum atomic E-state index is 11.7. The molecule has 0 atom stereocenters. The number of rotatable bonds is 4. The molecule has 1 aliphatic carbocycles. The Morgan fingerprint density at radius 2 is 2.14 bits per heavy atom. The average molecular weight is 386 g/mol. The summed E-state index contributed by atoms with van der Waals surface area (Å²) < 4.78 is 6.82. The average Bonchev–Trinajstić information content (AvgIpc) is 3.15. The van der Waals surface area contributed by atoms with Crippen LogP contribution in [0.3, 0.4) is 0 Å². The van der Waals surface area contributed by atoms with Crippen molar-refractivity contribution in [1.82, 2.24) is 25.0 Å². The van der Waals surface area contributed by atoms with Gasteiger partial charge in [-0.3, -0.25) is 5.10 Å². The summed E-state index contributed by atoms with van der Waals surface area (Å²) >= 11 is 0. The number of aryl methyl sites for hydroxylation is 1. The molecule has 0 unspecified atom stereocenters. The summed E-state index contributed by atoms with van der Waals surface area (Å²) in [6.07, 6.45) is 4.28. The second-order valence-electron chi connectivity index (χ2n) is 7.59. The highest BCUT2D eigenvalue weighted by atomic mass is 16.5. The summed E-state index contributed by atoms with van der Waals surface area (Å²) in [7, 11) is 1.87. The van der Waals surface area contributed by atoms with Crippen LogP contribution >= 0.6 is 0 Å². The van der Waals surface area contributed by atoms with Crippen LogP contribution in [0.5, 0.6) is 0 Å². The lowest BCUT2D eigenvalue weighted by atomic mass is 10.0. The predicted molar refractivity (Wildman–Crippen MR) is 107 cm³/mol. The minimum Gasteiger partial charge on any atom is -0.457 e. The number of ether oxygens (including phenoxy) is 1. The molecule has 1 saturated carbocycles. The zero-order chi connectivity index (χ0) is 19.5. The number of aromatic nitrogens is 5. The fraction of sp³-hybridized carbons (Fsp3) is 0.238. The Balaban J connectivity index is 1.37. The van der Waals surface area contributed by atoms with E-state index in [1.165, 1.54) is 18.4 Å². The molecule has 2 aliphatic rings. The van der Waals surface area contributed by atoms with Gasteiger partial charge in [-0.25, -0.2) is 9.48 Å². The Bertz CT molecular complexity index is 1280. The number of nitrogens with one attached hydrogen (secondary N) is 2. The van der Waals surface area contributed by atoms with Crippen molar-refractivity contribution in [2.24, 2.45) is 7.05 Å². The summed E-state index contributed by atoms with van der Waals surface area (Å²) in [6.45, 7) is 0.301. The monoisotopic (exact) mass is 386 g/mol. The number of hydrogen-bond donors (Lipinski definition) is 2. The molecule has 8 heteroatoms.